The molecule has 3 rings (SSSR count). The van der Waals surface area contributed by atoms with Crippen molar-refractivity contribution < 1.29 is 4.79 Å². The van der Waals surface area contributed by atoms with E-state index in [2.05, 4.69) is 37.3 Å². The van der Waals surface area contributed by atoms with Gasteiger partial charge in [0.25, 0.3) is 5.91 Å². The second-order valence-corrected chi connectivity index (χ2v) is 6.24. The van der Waals surface area contributed by atoms with Gasteiger partial charge in [-0.15, -0.1) is 10.2 Å². The number of carbonyl (C=O) groups is 1. The molecule has 0 fully saturated rings. The van der Waals surface area contributed by atoms with Crippen LogP contribution in [0.4, 0.5) is 5.69 Å². The highest BCUT2D eigenvalue weighted by Gasteiger charge is 2.09. The van der Waals surface area contributed by atoms with Crippen molar-refractivity contribution >= 4 is 17.2 Å². The van der Waals surface area contributed by atoms with Gasteiger partial charge in [0.15, 0.2) is 0 Å². The van der Waals surface area contributed by atoms with E-state index in [1.54, 1.807) is 18.2 Å². The number of hydrogen-bond acceptors (Lipinski definition) is 6. The van der Waals surface area contributed by atoms with Crippen LogP contribution in [0.25, 0.3) is 5.57 Å². The highest BCUT2D eigenvalue weighted by Crippen LogP contribution is 2.19. The number of aromatic amines is 1. The van der Waals surface area contributed by atoms with E-state index in [1.807, 2.05) is 12.1 Å². The first kappa shape index (κ1) is 18.3. The monoisotopic (exact) mass is 363 g/mol. The van der Waals surface area contributed by atoms with Crippen LogP contribution < -0.4 is 10.6 Å². The molecular formula is C19H21N7O. The maximum Gasteiger partial charge on any atom is 0.251 e. The van der Waals surface area contributed by atoms with Gasteiger partial charge >= 0.3 is 0 Å². The lowest BCUT2D eigenvalue weighted by Gasteiger charge is -2.13. The minimum Gasteiger partial charge on any atom is -0.360 e. The third-order valence-electron chi connectivity index (χ3n) is 4.33. The number of carbonyl (C=O) groups excluding carboxylic acids is 1. The molecule has 2 aromatic rings. The van der Waals surface area contributed by atoms with Crippen LogP contribution in [0.3, 0.4) is 0 Å². The second kappa shape index (κ2) is 9.29. The van der Waals surface area contributed by atoms with E-state index in [-0.39, 0.29) is 17.3 Å². The molecule has 1 heterocycles. The Morgan fingerprint density at radius 2 is 2.30 bits per heavy atom. The molecule has 3 N–H and O–H groups in total. The molecule has 8 heteroatoms. The molecule has 138 valence electrons. The number of H-pyrrole nitrogens is 1. The van der Waals surface area contributed by atoms with Crippen LogP contribution in [0.5, 0.6) is 0 Å². The highest BCUT2D eigenvalue weighted by molar-refractivity contribution is 5.95. The van der Waals surface area contributed by atoms with Gasteiger partial charge in [0, 0.05) is 24.0 Å². The van der Waals surface area contributed by atoms with Crippen molar-refractivity contribution in [2.75, 3.05) is 11.9 Å². The Morgan fingerprint density at radius 3 is 3.04 bits per heavy atom. The fraction of sp³-hybridized carbons (Fsp3) is 0.316. The first-order valence-corrected chi connectivity index (χ1v) is 8.93. The number of rotatable bonds is 7. The number of aromatic nitrogens is 4. The van der Waals surface area contributed by atoms with Crippen molar-refractivity contribution in [3.63, 3.8) is 0 Å². The fourth-order valence-corrected chi connectivity index (χ4v) is 2.90. The fourth-order valence-electron chi connectivity index (χ4n) is 2.90. The number of amides is 1. The number of nitrogens with one attached hydrogen (secondary N) is 3. The van der Waals surface area contributed by atoms with Crippen LogP contribution in [0.15, 0.2) is 42.1 Å². The highest BCUT2D eigenvalue weighted by atomic mass is 16.1. The zero-order valence-electron chi connectivity index (χ0n) is 14.9. The van der Waals surface area contributed by atoms with Gasteiger partial charge in [-0.2, -0.15) is 10.5 Å². The Kier molecular flexibility index (Phi) is 6.30. The van der Waals surface area contributed by atoms with Gasteiger partial charge in [0.05, 0.1) is 0 Å². The summed E-state index contributed by atoms with van der Waals surface area (Å²) < 4.78 is 0. The molecular weight excluding hydrogens is 342 g/mol. The molecule has 0 saturated carbocycles. The Balaban J connectivity index is 1.57. The van der Waals surface area contributed by atoms with E-state index in [1.165, 1.54) is 24.6 Å². The van der Waals surface area contributed by atoms with Crippen molar-refractivity contribution in [2.45, 2.75) is 32.1 Å². The summed E-state index contributed by atoms with van der Waals surface area (Å²) in [5.41, 5.74) is 2.92. The number of tetrazole rings is 1. The molecule has 0 spiro atoms. The SMILES string of the molecule is N#CC(=CNc1cccc(C(=O)NCCC2=CCCCC2)c1)c1nn[nH]n1. The Bertz CT molecular complexity index is 878. The maximum atomic E-state index is 12.4. The molecule has 0 bridgehead atoms. The molecule has 1 aliphatic rings. The summed E-state index contributed by atoms with van der Waals surface area (Å²) >= 11 is 0. The van der Waals surface area contributed by atoms with Crippen LogP contribution in [-0.2, 0) is 0 Å². The quantitative estimate of drug-likeness (QED) is 0.514. The zero-order valence-corrected chi connectivity index (χ0v) is 14.9. The van der Waals surface area contributed by atoms with Gasteiger partial charge in [-0.05, 0) is 55.5 Å². The number of hydrogen-bond donors (Lipinski definition) is 3. The minimum absolute atomic E-state index is 0.113. The third-order valence-corrected chi connectivity index (χ3v) is 4.33. The van der Waals surface area contributed by atoms with E-state index >= 15 is 0 Å². The van der Waals surface area contributed by atoms with Gasteiger partial charge in [0.2, 0.25) is 5.82 Å². The standard InChI is InChI=1S/C19H21N7O/c20-12-16(18-23-25-26-24-18)13-22-17-8-4-7-15(11-17)19(27)21-10-9-14-5-2-1-3-6-14/h4-5,7-8,11,13,22H,1-3,6,9-10H2,(H,21,27)(H,23,24,25,26). The number of allylic oxidation sites excluding steroid dienone is 2. The molecule has 0 radical (unpaired) electrons. The van der Waals surface area contributed by atoms with E-state index in [0.717, 1.165) is 19.3 Å². The minimum atomic E-state index is -0.113. The molecule has 27 heavy (non-hydrogen) atoms. The number of anilines is 1. The Morgan fingerprint density at radius 1 is 1.37 bits per heavy atom. The third kappa shape index (κ3) is 5.25. The van der Waals surface area contributed by atoms with Crippen LogP contribution >= 0.6 is 0 Å². The summed E-state index contributed by atoms with van der Waals surface area (Å²) in [7, 11) is 0. The van der Waals surface area contributed by atoms with Crippen molar-refractivity contribution in [3.8, 4) is 6.07 Å². The van der Waals surface area contributed by atoms with Crippen molar-refractivity contribution in [3.05, 3.63) is 53.5 Å². The average Bonchev–Trinajstić information content (AvgIpc) is 3.24. The first-order valence-electron chi connectivity index (χ1n) is 8.93. The lowest BCUT2D eigenvalue weighted by atomic mass is 9.97. The smallest absolute Gasteiger partial charge is 0.251 e. The van der Waals surface area contributed by atoms with Crippen LogP contribution in [0.2, 0.25) is 0 Å². The normalized spacial score (nSPS) is 14.2. The molecule has 1 aliphatic carbocycles. The van der Waals surface area contributed by atoms with Crippen molar-refractivity contribution in [2.24, 2.45) is 0 Å². The number of benzene rings is 1. The molecule has 1 aromatic carbocycles. The summed E-state index contributed by atoms with van der Waals surface area (Å²) in [6.45, 7) is 0.638. The maximum absolute atomic E-state index is 12.4. The summed E-state index contributed by atoms with van der Waals surface area (Å²) in [6, 6.07) is 9.09. The number of nitriles is 1. The summed E-state index contributed by atoms with van der Waals surface area (Å²) in [5.74, 6) is 0.0913. The van der Waals surface area contributed by atoms with Crippen LogP contribution in [0, 0.1) is 11.3 Å². The van der Waals surface area contributed by atoms with Gasteiger partial charge in [-0.3, -0.25) is 4.79 Å². The zero-order chi connectivity index (χ0) is 18.9. The average molecular weight is 363 g/mol. The van der Waals surface area contributed by atoms with Gasteiger partial charge in [0.1, 0.15) is 11.6 Å². The van der Waals surface area contributed by atoms with Gasteiger partial charge in [-0.25, -0.2) is 0 Å². The summed E-state index contributed by atoms with van der Waals surface area (Å²) in [5, 5.41) is 28.4. The van der Waals surface area contributed by atoms with Crippen LogP contribution in [0.1, 0.15) is 48.3 Å². The van der Waals surface area contributed by atoms with Gasteiger partial charge in [-0.1, -0.05) is 17.7 Å². The predicted octanol–water partition coefficient (Wildman–Crippen LogP) is 2.80. The second-order valence-electron chi connectivity index (χ2n) is 6.24. The first-order chi connectivity index (χ1) is 13.3. The molecule has 0 saturated heterocycles. The van der Waals surface area contributed by atoms with E-state index in [4.69, 9.17) is 0 Å². The molecule has 0 unspecified atom stereocenters. The van der Waals surface area contributed by atoms with E-state index in [9.17, 15) is 10.1 Å². The largest absolute Gasteiger partial charge is 0.360 e. The van der Waals surface area contributed by atoms with Crippen LogP contribution in [-0.4, -0.2) is 33.1 Å². The summed E-state index contributed by atoms with van der Waals surface area (Å²) in [4.78, 5) is 12.4. The predicted molar refractivity (Wildman–Crippen MR) is 101 cm³/mol. The molecule has 0 aliphatic heterocycles. The topological polar surface area (TPSA) is 119 Å². The Labute approximate surface area is 157 Å². The van der Waals surface area contributed by atoms with Crippen molar-refractivity contribution in [1.82, 2.24) is 25.9 Å². The molecule has 0 atom stereocenters. The molecule has 1 aromatic heterocycles. The Hall–Kier alpha value is -3.47. The number of nitrogens with zero attached hydrogens (tertiary/aromatic N) is 4. The van der Waals surface area contributed by atoms with E-state index in [0.29, 0.717) is 17.8 Å². The van der Waals surface area contributed by atoms with Gasteiger partial charge < -0.3 is 10.6 Å². The van der Waals surface area contributed by atoms with E-state index < -0.39 is 0 Å². The molecule has 8 nitrogen and oxygen atoms in total. The lowest BCUT2D eigenvalue weighted by molar-refractivity contribution is 0.0954. The molecule has 1 amide bonds. The summed E-state index contributed by atoms with van der Waals surface area (Å²) in [6.07, 6.45) is 9.49. The lowest BCUT2D eigenvalue weighted by Crippen LogP contribution is -2.24. The van der Waals surface area contributed by atoms with Crippen molar-refractivity contribution in [1.29, 1.82) is 5.26 Å².